The number of rotatable bonds is 3. The highest BCUT2D eigenvalue weighted by atomic mass is 16.6. The van der Waals surface area contributed by atoms with E-state index in [2.05, 4.69) is 11.3 Å². The molecule has 0 unspecified atom stereocenters. The molecule has 0 N–H and O–H groups in total. The van der Waals surface area contributed by atoms with Gasteiger partial charge in [-0.25, -0.2) is 4.79 Å². The predicted molar refractivity (Wildman–Crippen MR) is 49.1 cm³/mol. The maximum Gasteiger partial charge on any atom is 0.373 e. The summed E-state index contributed by atoms with van der Waals surface area (Å²) < 4.78 is 9.87. The van der Waals surface area contributed by atoms with E-state index < -0.39 is 5.97 Å². The Balaban J connectivity index is 2.30. The third-order valence-electron chi connectivity index (χ3n) is 2.30. The lowest BCUT2D eigenvalue weighted by atomic mass is 9.98. The van der Waals surface area contributed by atoms with Gasteiger partial charge in [0.1, 0.15) is 6.10 Å². The summed E-state index contributed by atoms with van der Waals surface area (Å²) in [5, 5.41) is 0. The van der Waals surface area contributed by atoms with Crippen LogP contribution < -0.4 is 0 Å². The van der Waals surface area contributed by atoms with Gasteiger partial charge in [-0.15, -0.1) is 0 Å². The molecule has 0 bridgehead atoms. The van der Waals surface area contributed by atoms with Crippen molar-refractivity contribution < 1.29 is 14.3 Å². The molecule has 0 aromatic rings. The average molecular weight is 184 g/mol. The summed E-state index contributed by atoms with van der Waals surface area (Å²) in [6, 6.07) is 0. The zero-order valence-corrected chi connectivity index (χ0v) is 8.04. The number of carbonyl (C=O) groups excluding carboxylic acids is 1. The molecular formula is C10H16O3. The van der Waals surface area contributed by atoms with Crippen molar-refractivity contribution in [1.82, 2.24) is 0 Å². The van der Waals surface area contributed by atoms with Gasteiger partial charge in [0, 0.05) is 0 Å². The van der Waals surface area contributed by atoms with Crippen molar-refractivity contribution in [1.29, 1.82) is 0 Å². The van der Waals surface area contributed by atoms with Crippen LogP contribution in [-0.2, 0) is 14.3 Å². The van der Waals surface area contributed by atoms with E-state index in [-0.39, 0.29) is 11.9 Å². The predicted octanol–water partition coefficient (Wildman–Crippen LogP) is 2.02. The summed E-state index contributed by atoms with van der Waals surface area (Å²) in [7, 11) is 1.42. The van der Waals surface area contributed by atoms with Crippen LogP contribution in [0, 0.1) is 0 Å². The summed E-state index contributed by atoms with van der Waals surface area (Å²) in [5.74, 6) is -0.333. The zero-order valence-electron chi connectivity index (χ0n) is 8.04. The molecule has 0 aromatic heterocycles. The van der Waals surface area contributed by atoms with Crippen LogP contribution in [-0.4, -0.2) is 19.2 Å². The molecule has 3 nitrogen and oxygen atoms in total. The Morgan fingerprint density at radius 1 is 1.31 bits per heavy atom. The van der Waals surface area contributed by atoms with Crippen molar-refractivity contribution in [2.75, 3.05) is 7.11 Å². The lowest BCUT2D eigenvalue weighted by molar-refractivity contribution is -0.149. The molecule has 74 valence electrons. The monoisotopic (exact) mass is 184 g/mol. The maximum atomic E-state index is 11.2. The largest absolute Gasteiger partial charge is 0.490 e. The normalized spacial score (nSPS) is 17.9. The lowest BCUT2D eigenvalue weighted by Gasteiger charge is -2.21. The summed E-state index contributed by atoms with van der Waals surface area (Å²) >= 11 is 0. The molecular weight excluding hydrogens is 168 g/mol. The van der Waals surface area contributed by atoms with Gasteiger partial charge in [0.05, 0.1) is 7.11 Å². The van der Waals surface area contributed by atoms with Gasteiger partial charge in [-0.05, 0) is 32.3 Å². The first-order chi connectivity index (χ1) is 6.24. The molecule has 1 fully saturated rings. The number of hydrogen-bond acceptors (Lipinski definition) is 3. The van der Waals surface area contributed by atoms with Crippen molar-refractivity contribution in [2.45, 2.75) is 38.2 Å². The fourth-order valence-corrected chi connectivity index (χ4v) is 1.48. The standard InChI is InChI=1S/C10H16O3/c1-8(12-2)10(11)13-9-6-4-3-5-7-9/h9H,1,3-7H2,2H3. The molecule has 0 heterocycles. The van der Waals surface area contributed by atoms with E-state index in [1.807, 2.05) is 0 Å². The highest BCUT2D eigenvalue weighted by Crippen LogP contribution is 2.20. The molecule has 0 spiro atoms. The zero-order chi connectivity index (χ0) is 9.68. The minimum Gasteiger partial charge on any atom is -0.490 e. The van der Waals surface area contributed by atoms with E-state index in [0.717, 1.165) is 25.7 Å². The van der Waals surface area contributed by atoms with Crippen LogP contribution in [0.15, 0.2) is 12.3 Å². The van der Waals surface area contributed by atoms with E-state index >= 15 is 0 Å². The van der Waals surface area contributed by atoms with Gasteiger partial charge in [0.25, 0.3) is 0 Å². The van der Waals surface area contributed by atoms with E-state index in [1.54, 1.807) is 0 Å². The smallest absolute Gasteiger partial charge is 0.373 e. The van der Waals surface area contributed by atoms with Gasteiger partial charge in [-0.2, -0.15) is 0 Å². The Hall–Kier alpha value is -0.990. The Morgan fingerprint density at radius 3 is 2.46 bits per heavy atom. The minimum absolute atomic E-state index is 0.0770. The molecule has 1 aliphatic carbocycles. The van der Waals surface area contributed by atoms with E-state index in [4.69, 9.17) is 4.74 Å². The van der Waals surface area contributed by atoms with Crippen LogP contribution in [0.3, 0.4) is 0 Å². The first-order valence-corrected chi connectivity index (χ1v) is 4.68. The molecule has 3 heteroatoms. The number of hydrogen-bond donors (Lipinski definition) is 0. The summed E-state index contributed by atoms with van der Waals surface area (Å²) in [4.78, 5) is 11.2. The molecule has 13 heavy (non-hydrogen) atoms. The second-order valence-electron chi connectivity index (χ2n) is 3.29. The molecule has 1 saturated carbocycles. The number of ether oxygens (including phenoxy) is 2. The average Bonchev–Trinajstić information content (AvgIpc) is 2.18. The van der Waals surface area contributed by atoms with Crippen molar-refractivity contribution in [2.24, 2.45) is 0 Å². The van der Waals surface area contributed by atoms with Gasteiger partial charge >= 0.3 is 5.97 Å². The van der Waals surface area contributed by atoms with Crippen molar-refractivity contribution >= 4 is 5.97 Å². The fraction of sp³-hybridized carbons (Fsp3) is 0.700. The maximum absolute atomic E-state index is 11.2. The van der Waals surface area contributed by atoms with Gasteiger partial charge < -0.3 is 9.47 Å². The van der Waals surface area contributed by atoms with Crippen LogP contribution in [0.4, 0.5) is 0 Å². The highest BCUT2D eigenvalue weighted by molar-refractivity contribution is 5.85. The summed E-state index contributed by atoms with van der Waals surface area (Å²) in [5.41, 5.74) is 0. The van der Waals surface area contributed by atoms with Crippen LogP contribution >= 0.6 is 0 Å². The van der Waals surface area contributed by atoms with Crippen LogP contribution in [0.25, 0.3) is 0 Å². The quantitative estimate of drug-likeness (QED) is 0.382. The fourth-order valence-electron chi connectivity index (χ4n) is 1.48. The first kappa shape index (κ1) is 10.1. The van der Waals surface area contributed by atoms with Gasteiger partial charge in [-0.3, -0.25) is 0 Å². The third kappa shape index (κ3) is 3.09. The first-order valence-electron chi connectivity index (χ1n) is 4.68. The van der Waals surface area contributed by atoms with E-state index in [0.29, 0.717) is 0 Å². The molecule has 0 atom stereocenters. The molecule has 0 saturated heterocycles. The number of esters is 1. The van der Waals surface area contributed by atoms with Crippen molar-refractivity contribution in [3.63, 3.8) is 0 Å². The second kappa shape index (κ2) is 4.90. The van der Waals surface area contributed by atoms with Gasteiger partial charge in [0.15, 0.2) is 5.76 Å². The Kier molecular flexibility index (Phi) is 3.80. The Labute approximate surface area is 78.7 Å². The van der Waals surface area contributed by atoms with Crippen molar-refractivity contribution in [3.8, 4) is 0 Å². The third-order valence-corrected chi connectivity index (χ3v) is 2.30. The molecule has 0 aromatic carbocycles. The van der Waals surface area contributed by atoms with Crippen molar-refractivity contribution in [3.05, 3.63) is 12.3 Å². The van der Waals surface area contributed by atoms with Gasteiger partial charge in [0.2, 0.25) is 0 Å². The lowest BCUT2D eigenvalue weighted by Crippen LogP contribution is -2.22. The minimum atomic E-state index is -0.422. The molecule has 0 radical (unpaired) electrons. The summed E-state index contributed by atoms with van der Waals surface area (Å²) in [6.45, 7) is 3.44. The Bertz CT molecular complexity index is 192. The van der Waals surface area contributed by atoms with E-state index in [1.165, 1.54) is 13.5 Å². The summed E-state index contributed by atoms with van der Waals surface area (Å²) in [6.07, 6.45) is 5.58. The molecule has 1 aliphatic rings. The number of carbonyl (C=O) groups is 1. The SMILES string of the molecule is C=C(OC)C(=O)OC1CCCCC1. The van der Waals surface area contributed by atoms with Crippen LogP contribution in [0.2, 0.25) is 0 Å². The van der Waals surface area contributed by atoms with Gasteiger partial charge in [-0.1, -0.05) is 6.42 Å². The Morgan fingerprint density at radius 2 is 1.92 bits per heavy atom. The second-order valence-corrected chi connectivity index (χ2v) is 3.29. The molecule has 1 rings (SSSR count). The number of methoxy groups -OCH3 is 1. The topological polar surface area (TPSA) is 35.5 Å². The molecule has 0 amide bonds. The van der Waals surface area contributed by atoms with E-state index in [9.17, 15) is 4.79 Å². The van der Waals surface area contributed by atoms with Crippen LogP contribution in [0.5, 0.6) is 0 Å². The van der Waals surface area contributed by atoms with Crippen LogP contribution in [0.1, 0.15) is 32.1 Å². The molecule has 0 aliphatic heterocycles. The highest BCUT2D eigenvalue weighted by Gasteiger charge is 2.19.